The molecule has 4 unspecified atom stereocenters. The summed E-state index contributed by atoms with van der Waals surface area (Å²) in [5, 5.41) is 9.65. The highest BCUT2D eigenvalue weighted by molar-refractivity contribution is 5.13. The average molecular weight is 263 g/mol. The van der Waals surface area contributed by atoms with Gasteiger partial charge in [-0.15, -0.1) is 0 Å². The summed E-state index contributed by atoms with van der Waals surface area (Å²) in [4.78, 5) is 6.83. The monoisotopic (exact) mass is 263 g/mol. The quantitative estimate of drug-likeness (QED) is 0.846. The second kappa shape index (κ2) is 6.46. The smallest absolute Gasteiger partial charge is 0.0676 e. The van der Waals surface area contributed by atoms with Crippen LogP contribution in [-0.4, -0.2) is 40.2 Å². The standard InChI is InChI=1S/C15H25N3O/c1-3-12(16)15(13-6-4-5-8-17-13)18-9-7-11(2)14(18)10-19/h4-6,8,11-12,14-15,19H,3,7,9-10,16H2,1-2H3. The summed E-state index contributed by atoms with van der Waals surface area (Å²) >= 11 is 0. The number of aliphatic hydroxyl groups is 1. The molecule has 1 aliphatic heterocycles. The van der Waals surface area contributed by atoms with Crippen LogP contribution in [0, 0.1) is 5.92 Å². The molecular weight excluding hydrogens is 238 g/mol. The predicted octanol–water partition coefficient (Wildman–Crippen LogP) is 1.56. The Kier molecular flexibility index (Phi) is 4.91. The molecule has 0 saturated carbocycles. The Morgan fingerprint density at radius 3 is 2.89 bits per heavy atom. The molecule has 0 aromatic carbocycles. The lowest BCUT2D eigenvalue weighted by atomic mass is 9.98. The number of rotatable bonds is 5. The summed E-state index contributed by atoms with van der Waals surface area (Å²) < 4.78 is 0. The molecule has 0 aliphatic carbocycles. The Balaban J connectivity index is 2.28. The number of hydrogen-bond acceptors (Lipinski definition) is 4. The summed E-state index contributed by atoms with van der Waals surface area (Å²) in [5.74, 6) is 0.514. The van der Waals surface area contributed by atoms with Crippen molar-refractivity contribution in [3.63, 3.8) is 0 Å². The molecule has 1 fully saturated rings. The van der Waals surface area contributed by atoms with E-state index in [-0.39, 0.29) is 24.7 Å². The second-order valence-electron chi connectivity index (χ2n) is 5.53. The molecule has 1 saturated heterocycles. The molecule has 3 N–H and O–H groups in total. The van der Waals surface area contributed by atoms with Gasteiger partial charge in [0.1, 0.15) is 0 Å². The van der Waals surface area contributed by atoms with Crippen molar-refractivity contribution in [2.24, 2.45) is 11.7 Å². The van der Waals surface area contributed by atoms with Crippen molar-refractivity contribution >= 4 is 0 Å². The van der Waals surface area contributed by atoms with E-state index in [1.165, 1.54) is 0 Å². The molecule has 1 aromatic heterocycles. The second-order valence-corrected chi connectivity index (χ2v) is 5.53. The Morgan fingerprint density at radius 2 is 2.32 bits per heavy atom. The highest BCUT2D eigenvalue weighted by Gasteiger charge is 2.38. The lowest BCUT2D eigenvalue weighted by Crippen LogP contribution is -2.46. The van der Waals surface area contributed by atoms with Gasteiger partial charge in [-0.3, -0.25) is 9.88 Å². The number of nitrogens with two attached hydrogens (primary N) is 1. The van der Waals surface area contributed by atoms with Crippen molar-refractivity contribution in [2.75, 3.05) is 13.2 Å². The summed E-state index contributed by atoms with van der Waals surface area (Å²) in [5.41, 5.74) is 7.35. The molecule has 2 heterocycles. The fourth-order valence-corrected chi connectivity index (χ4v) is 3.08. The number of aromatic nitrogens is 1. The van der Waals surface area contributed by atoms with Crippen LogP contribution in [0.25, 0.3) is 0 Å². The van der Waals surface area contributed by atoms with E-state index in [1.54, 1.807) is 0 Å². The SMILES string of the molecule is CCC(N)C(c1ccccn1)N1CCC(C)C1CO. The van der Waals surface area contributed by atoms with E-state index in [2.05, 4.69) is 23.7 Å². The number of nitrogens with zero attached hydrogens (tertiary/aromatic N) is 2. The number of pyridine rings is 1. The zero-order valence-corrected chi connectivity index (χ0v) is 11.9. The fourth-order valence-electron chi connectivity index (χ4n) is 3.08. The Bertz CT molecular complexity index is 384. The minimum absolute atomic E-state index is 0.0502. The maximum absolute atomic E-state index is 9.65. The molecule has 0 radical (unpaired) electrons. The van der Waals surface area contributed by atoms with Gasteiger partial charge in [-0.1, -0.05) is 19.9 Å². The summed E-state index contributed by atoms with van der Waals surface area (Å²) in [6, 6.07) is 6.32. The van der Waals surface area contributed by atoms with Crippen LogP contribution in [0.2, 0.25) is 0 Å². The van der Waals surface area contributed by atoms with E-state index >= 15 is 0 Å². The third-order valence-corrected chi connectivity index (χ3v) is 4.34. The lowest BCUT2D eigenvalue weighted by Gasteiger charge is -2.36. The lowest BCUT2D eigenvalue weighted by molar-refractivity contribution is 0.0875. The zero-order chi connectivity index (χ0) is 13.8. The Hall–Kier alpha value is -0.970. The van der Waals surface area contributed by atoms with Gasteiger partial charge in [-0.25, -0.2) is 0 Å². The topological polar surface area (TPSA) is 62.4 Å². The molecule has 0 bridgehead atoms. The van der Waals surface area contributed by atoms with Crippen LogP contribution in [0.15, 0.2) is 24.4 Å². The first kappa shape index (κ1) is 14.4. The largest absolute Gasteiger partial charge is 0.395 e. The first-order chi connectivity index (χ1) is 9.19. The molecule has 106 valence electrons. The molecule has 4 heteroatoms. The highest BCUT2D eigenvalue weighted by atomic mass is 16.3. The molecule has 0 amide bonds. The molecular formula is C15H25N3O. The molecule has 1 aromatic rings. The normalized spacial score (nSPS) is 27.4. The van der Waals surface area contributed by atoms with E-state index in [4.69, 9.17) is 5.73 Å². The van der Waals surface area contributed by atoms with Crippen LogP contribution < -0.4 is 5.73 Å². The van der Waals surface area contributed by atoms with Gasteiger partial charge >= 0.3 is 0 Å². The molecule has 4 nitrogen and oxygen atoms in total. The summed E-state index contributed by atoms with van der Waals surface area (Å²) in [6.45, 7) is 5.49. The summed E-state index contributed by atoms with van der Waals surface area (Å²) in [6.07, 6.45) is 3.84. The van der Waals surface area contributed by atoms with Gasteiger partial charge in [0.15, 0.2) is 0 Å². The van der Waals surface area contributed by atoms with Crippen LogP contribution >= 0.6 is 0 Å². The van der Waals surface area contributed by atoms with Crippen LogP contribution in [-0.2, 0) is 0 Å². The van der Waals surface area contributed by atoms with E-state index in [1.807, 2.05) is 24.4 Å². The molecule has 0 spiro atoms. The fraction of sp³-hybridized carbons (Fsp3) is 0.667. The average Bonchev–Trinajstić information content (AvgIpc) is 2.81. The number of hydrogen-bond donors (Lipinski definition) is 2. The number of likely N-dealkylation sites (tertiary alicyclic amines) is 1. The van der Waals surface area contributed by atoms with Crippen LogP contribution in [0.3, 0.4) is 0 Å². The van der Waals surface area contributed by atoms with Crippen molar-refractivity contribution in [1.82, 2.24) is 9.88 Å². The van der Waals surface area contributed by atoms with E-state index in [0.717, 1.165) is 25.1 Å². The molecule has 4 atom stereocenters. The minimum Gasteiger partial charge on any atom is -0.395 e. The van der Waals surface area contributed by atoms with E-state index < -0.39 is 0 Å². The van der Waals surface area contributed by atoms with E-state index in [0.29, 0.717) is 5.92 Å². The maximum Gasteiger partial charge on any atom is 0.0676 e. The van der Waals surface area contributed by atoms with Gasteiger partial charge in [0, 0.05) is 18.3 Å². The first-order valence-corrected chi connectivity index (χ1v) is 7.22. The van der Waals surface area contributed by atoms with Crippen molar-refractivity contribution in [3.8, 4) is 0 Å². The number of aliphatic hydroxyl groups excluding tert-OH is 1. The van der Waals surface area contributed by atoms with Crippen molar-refractivity contribution in [3.05, 3.63) is 30.1 Å². The van der Waals surface area contributed by atoms with Gasteiger partial charge < -0.3 is 10.8 Å². The predicted molar refractivity (Wildman–Crippen MR) is 76.6 cm³/mol. The van der Waals surface area contributed by atoms with Gasteiger partial charge in [-0.05, 0) is 37.4 Å². The van der Waals surface area contributed by atoms with Gasteiger partial charge in [0.05, 0.1) is 18.3 Å². The molecule has 2 rings (SSSR count). The first-order valence-electron chi connectivity index (χ1n) is 7.22. The maximum atomic E-state index is 9.65. The highest BCUT2D eigenvalue weighted by Crippen LogP contribution is 2.34. The van der Waals surface area contributed by atoms with Crippen LogP contribution in [0.4, 0.5) is 0 Å². The van der Waals surface area contributed by atoms with E-state index in [9.17, 15) is 5.11 Å². The zero-order valence-electron chi connectivity index (χ0n) is 11.9. The van der Waals surface area contributed by atoms with Crippen LogP contribution in [0.1, 0.15) is 38.4 Å². The third-order valence-electron chi connectivity index (χ3n) is 4.34. The van der Waals surface area contributed by atoms with Crippen molar-refractivity contribution in [2.45, 2.75) is 44.8 Å². The Morgan fingerprint density at radius 1 is 1.53 bits per heavy atom. The van der Waals surface area contributed by atoms with Gasteiger partial charge in [0.2, 0.25) is 0 Å². The van der Waals surface area contributed by atoms with Gasteiger partial charge in [0.25, 0.3) is 0 Å². The molecule has 19 heavy (non-hydrogen) atoms. The third kappa shape index (κ3) is 2.96. The van der Waals surface area contributed by atoms with Crippen molar-refractivity contribution < 1.29 is 5.11 Å². The Labute approximate surface area is 115 Å². The summed E-state index contributed by atoms with van der Waals surface area (Å²) in [7, 11) is 0. The van der Waals surface area contributed by atoms with Gasteiger partial charge in [-0.2, -0.15) is 0 Å². The minimum atomic E-state index is 0.0502. The molecule has 1 aliphatic rings. The van der Waals surface area contributed by atoms with Crippen molar-refractivity contribution in [1.29, 1.82) is 0 Å². The van der Waals surface area contributed by atoms with Crippen LogP contribution in [0.5, 0.6) is 0 Å².